The van der Waals surface area contributed by atoms with Crippen LogP contribution in [0.2, 0.25) is 0 Å². The molecule has 0 aliphatic carbocycles. The van der Waals surface area contributed by atoms with Crippen molar-refractivity contribution in [1.82, 2.24) is 14.6 Å². The van der Waals surface area contributed by atoms with Crippen molar-refractivity contribution in [2.24, 2.45) is 0 Å². The van der Waals surface area contributed by atoms with E-state index in [1.165, 1.54) is 16.6 Å². The van der Waals surface area contributed by atoms with E-state index in [1.807, 2.05) is 0 Å². The van der Waals surface area contributed by atoms with Crippen molar-refractivity contribution in [2.75, 3.05) is 5.32 Å². The molecule has 0 aliphatic heterocycles. The number of nitrogens with one attached hydrogen (secondary N) is 1. The SMILES string of the molecule is CC(C)(C)OC(=O)Nc1nc2cc(-c3ccc(F)c(O)c3)ccn2n1. The Labute approximate surface area is 143 Å². The molecule has 7 nitrogen and oxygen atoms in total. The number of aromatic hydroxyl groups is 1. The van der Waals surface area contributed by atoms with E-state index in [0.717, 1.165) is 5.56 Å². The molecule has 0 unspecified atom stereocenters. The van der Waals surface area contributed by atoms with Gasteiger partial charge in [-0.15, -0.1) is 5.10 Å². The van der Waals surface area contributed by atoms with Crippen molar-refractivity contribution in [1.29, 1.82) is 0 Å². The molecule has 8 heteroatoms. The number of amides is 1. The number of fused-ring (bicyclic) bond motifs is 1. The third kappa shape index (κ3) is 3.85. The Kier molecular flexibility index (Phi) is 4.03. The molecular weight excluding hydrogens is 327 g/mol. The molecule has 2 heterocycles. The van der Waals surface area contributed by atoms with Crippen LogP contribution in [0, 0.1) is 5.82 Å². The zero-order valence-electron chi connectivity index (χ0n) is 13.9. The summed E-state index contributed by atoms with van der Waals surface area (Å²) in [6.07, 6.45) is 1.00. The third-order valence-corrected chi connectivity index (χ3v) is 3.23. The number of carbonyl (C=O) groups excluding carboxylic acids is 1. The first-order valence-electron chi connectivity index (χ1n) is 7.56. The number of benzene rings is 1. The van der Waals surface area contributed by atoms with Crippen molar-refractivity contribution in [3.63, 3.8) is 0 Å². The first-order chi connectivity index (χ1) is 11.7. The Morgan fingerprint density at radius 2 is 1.96 bits per heavy atom. The van der Waals surface area contributed by atoms with Gasteiger partial charge in [-0.25, -0.2) is 13.7 Å². The summed E-state index contributed by atoms with van der Waals surface area (Å²) >= 11 is 0. The van der Waals surface area contributed by atoms with Gasteiger partial charge >= 0.3 is 6.09 Å². The van der Waals surface area contributed by atoms with Crippen LogP contribution in [0.3, 0.4) is 0 Å². The highest BCUT2D eigenvalue weighted by Crippen LogP contribution is 2.26. The van der Waals surface area contributed by atoms with Crippen LogP contribution in [-0.4, -0.2) is 31.4 Å². The van der Waals surface area contributed by atoms with Crippen LogP contribution in [0.15, 0.2) is 36.5 Å². The van der Waals surface area contributed by atoms with E-state index in [0.29, 0.717) is 11.2 Å². The number of hydrogen-bond donors (Lipinski definition) is 2. The number of phenolic OH excluding ortho intramolecular Hbond substituents is 1. The van der Waals surface area contributed by atoms with Crippen LogP contribution in [0.5, 0.6) is 5.75 Å². The molecule has 0 saturated carbocycles. The van der Waals surface area contributed by atoms with Crippen LogP contribution < -0.4 is 5.32 Å². The molecule has 2 N–H and O–H groups in total. The van der Waals surface area contributed by atoms with E-state index in [1.54, 1.807) is 45.2 Å². The van der Waals surface area contributed by atoms with E-state index in [9.17, 15) is 14.3 Å². The van der Waals surface area contributed by atoms with E-state index < -0.39 is 23.3 Å². The zero-order chi connectivity index (χ0) is 18.2. The van der Waals surface area contributed by atoms with Crippen LogP contribution in [-0.2, 0) is 4.74 Å². The number of ether oxygens (including phenoxy) is 1. The topological polar surface area (TPSA) is 88.8 Å². The predicted octanol–water partition coefficient (Wildman–Crippen LogP) is 3.59. The second kappa shape index (κ2) is 6.04. The molecule has 0 bridgehead atoms. The Bertz CT molecular complexity index is 947. The highest BCUT2D eigenvalue weighted by molar-refractivity contribution is 5.83. The van der Waals surface area contributed by atoms with Crippen molar-refractivity contribution in [3.8, 4) is 16.9 Å². The number of pyridine rings is 1. The molecule has 0 radical (unpaired) electrons. The molecule has 130 valence electrons. The predicted molar refractivity (Wildman–Crippen MR) is 89.9 cm³/mol. The van der Waals surface area contributed by atoms with Gasteiger partial charge in [0.2, 0.25) is 0 Å². The highest BCUT2D eigenvalue weighted by Gasteiger charge is 2.18. The van der Waals surface area contributed by atoms with Crippen LogP contribution in [0.1, 0.15) is 20.8 Å². The summed E-state index contributed by atoms with van der Waals surface area (Å²) < 4.78 is 19.8. The lowest BCUT2D eigenvalue weighted by molar-refractivity contribution is 0.0634. The lowest BCUT2D eigenvalue weighted by Gasteiger charge is -2.18. The van der Waals surface area contributed by atoms with Gasteiger partial charge in [-0.05, 0) is 56.2 Å². The average molecular weight is 344 g/mol. The lowest BCUT2D eigenvalue weighted by atomic mass is 10.1. The van der Waals surface area contributed by atoms with Gasteiger partial charge in [-0.3, -0.25) is 5.32 Å². The number of anilines is 1. The molecule has 25 heavy (non-hydrogen) atoms. The minimum absolute atomic E-state index is 0.105. The summed E-state index contributed by atoms with van der Waals surface area (Å²) in [7, 11) is 0. The average Bonchev–Trinajstić information content (AvgIpc) is 2.89. The third-order valence-electron chi connectivity index (χ3n) is 3.23. The maximum atomic E-state index is 13.2. The van der Waals surface area contributed by atoms with Gasteiger partial charge in [0.1, 0.15) is 5.60 Å². The van der Waals surface area contributed by atoms with E-state index in [2.05, 4.69) is 15.4 Å². The number of halogens is 1. The second-order valence-electron chi connectivity index (χ2n) is 6.45. The fraction of sp³-hybridized carbons (Fsp3) is 0.235. The van der Waals surface area contributed by atoms with Crippen LogP contribution in [0.4, 0.5) is 15.1 Å². The van der Waals surface area contributed by atoms with Gasteiger partial charge in [0.05, 0.1) is 0 Å². The number of nitrogens with zero attached hydrogens (tertiary/aromatic N) is 3. The zero-order valence-corrected chi connectivity index (χ0v) is 13.9. The molecule has 1 aromatic carbocycles. The molecule has 0 spiro atoms. The molecule has 0 aliphatic rings. The number of aromatic nitrogens is 3. The Hall–Kier alpha value is -3.16. The molecule has 0 atom stereocenters. The molecule has 2 aromatic heterocycles. The summed E-state index contributed by atoms with van der Waals surface area (Å²) in [6.45, 7) is 5.27. The first kappa shape index (κ1) is 16.7. The Morgan fingerprint density at radius 1 is 1.24 bits per heavy atom. The number of carbonyl (C=O) groups is 1. The van der Waals surface area contributed by atoms with E-state index in [-0.39, 0.29) is 5.95 Å². The summed E-state index contributed by atoms with van der Waals surface area (Å²) in [5.74, 6) is -1.00. The van der Waals surface area contributed by atoms with Gasteiger partial charge < -0.3 is 9.84 Å². The summed E-state index contributed by atoms with van der Waals surface area (Å²) in [6, 6.07) is 7.52. The van der Waals surface area contributed by atoms with Gasteiger partial charge in [0.15, 0.2) is 17.2 Å². The maximum absolute atomic E-state index is 13.2. The van der Waals surface area contributed by atoms with Crippen molar-refractivity contribution >= 4 is 17.7 Å². The van der Waals surface area contributed by atoms with Crippen molar-refractivity contribution in [2.45, 2.75) is 26.4 Å². The van der Waals surface area contributed by atoms with Crippen LogP contribution in [0.25, 0.3) is 16.8 Å². The Balaban J connectivity index is 1.86. The largest absolute Gasteiger partial charge is 0.505 e. The van der Waals surface area contributed by atoms with Gasteiger partial charge in [-0.2, -0.15) is 4.98 Å². The standard InChI is InChI=1S/C17H17FN4O3/c1-17(2,3)25-16(24)20-15-19-14-9-11(6-7-22(14)21-15)10-4-5-12(18)13(23)8-10/h4-9,23H,1-3H3,(H,20,21,24). The monoisotopic (exact) mass is 344 g/mol. The minimum atomic E-state index is -0.684. The quantitative estimate of drug-likeness (QED) is 0.742. The van der Waals surface area contributed by atoms with Crippen molar-refractivity contribution < 1.29 is 19.0 Å². The molecule has 3 aromatic rings. The summed E-state index contributed by atoms with van der Waals surface area (Å²) in [5, 5.41) is 16.1. The maximum Gasteiger partial charge on any atom is 0.414 e. The minimum Gasteiger partial charge on any atom is -0.505 e. The van der Waals surface area contributed by atoms with Gasteiger partial charge in [0.25, 0.3) is 5.95 Å². The molecule has 0 fully saturated rings. The normalized spacial score (nSPS) is 11.5. The van der Waals surface area contributed by atoms with Crippen LogP contribution >= 0.6 is 0 Å². The molecule has 0 saturated heterocycles. The second-order valence-corrected chi connectivity index (χ2v) is 6.45. The fourth-order valence-electron chi connectivity index (χ4n) is 2.20. The Morgan fingerprint density at radius 3 is 2.64 bits per heavy atom. The fourth-order valence-corrected chi connectivity index (χ4v) is 2.20. The number of hydrogen-bond acceptors (Lipinski definition) is 5. The molecule has 1 amide bonds. The van der Waals surface area contributed by atoms with Gasteiger partial charge in [0, 0.05) is 6.20 Å². The van der Waals surface area contributed by atoms with E-state index >= 15 is 0 Å². The lowest BCUT2D eigenvalue weighted by Crippen LogP contribution is -2.27. The number of phenols is 1. The van der Waals surface area contributed by atoms with Crippen molar-refractivity contribution in [3.05, 3.63) is 42.3 Å². The first-order valence-corrected chi connectivity index (χ1v) is 7.56. The smallest absolute Gasteiger partial charge is 0.414 e. The number of rotatable bonds is 2. The van der Waals surface area contributed by atoms with Gasteiger partial charge in [-0.1, -0.05) is 6.07 Å². The molecular formula is C17H17FN4O3. The summed E-state index contributed by atoms with van der Waals surface area (Å²) in [5.41, 5.74) is 1.21. The van der Waals surface area contributed by atoms with E-state index in [4.69, 9.17) is 4.74 Å². The molecule has 3 rings (SSSR count). The highest BCUT2D eigenvalue weighted by atomic mass is 19.1. The summed E-state index contributed by atoms with van der Waals surface area (Å²) in [4.78, 5) is 16.0.